The van der Waals surface area contributed by atoms with Crippen molar-refractivity contribution in [1.29, 1.82) is 0 Å². The molecule has 0 aliphatic rings. The molecule has 0 saturated carbocycles. The van der Waals surface area contributed by atoms with Crippen molar-refractivity contribution in [3.8, 4) is 0 Å². The molecule has 0 saturated heterocycles. The van der Waals surface area contributed by atoms with E-state index in [9.17, 15) is 4.79 Å². The second-order valence-corrected chi connectivity index (χ2v) is 4.14. The minimum atomic E-state index is -0.208. The largest absolute Gasteiger partial charge is 0.361 e. The molecule has 2 aromatic heterocycles. The lowest BCUT2D eigenvalue weighted by Gasteiger charge is -2.10. The lowest BCUT2D eigenvalue weighted by molar-refractivity contribution is -0.121. The lowest BCUT2D eigenvalue weighted by atomic mass is 10.1. The van der Waals surface area contributed by atoms with E-state index in [0.717, 1.165) is 11.3 Å². The maximum Gasteiger partial charge on any atom is 0.225 e. The van der Waals surface area contributed by atoms with Gasteiger partial charge >= 0.3 is 0 Å². The second kappa shape index (κ2) is 4.99. The summed E-state index contributed by atoms with van der Waals surface area (Å²) in [4.78, 5) is 15.9. The molecule has 0 aliphatic heterocycles. The van der Waals surface area contributed by atoms with E-state index in [-0.39, 0.29) is 18.4 Å². The fraction of sp³-hybridized carbons (Fsp3) is 0.455. The molecular weight excluding hydrogens is 234 g/mol. The van der Waals surface area contributed by atoms with Crippen molar-refractivity contribution >= 4 is 5.91 Å². The van der Waals surface area contributed by atoms with E-state index >= 15 is 0 Å². The second-order valence-electron chi connectivity index (χ2n) is 4.14. The Balaban J connectivity index is 1.97. The molecule has 2 heterocycles. The molecule has 0 fully saturated rings. The van der Waals surface area contributed by atoms with Gasteiger partial charge in [0.1, 0.15) is 17.9 Å². The van der Waals surface area contributed by atoms with Gasteiger partial charge in [-0.05, 0) is 20.8 Å². The van der Waals surface area contributed by atoms with Gasteiger partial charge in [0, 0.05) is 5.56 Å². The van der Waals surface area contributed by atoms with Gasteiger partial charge in [-0.2, -0.15) is 5.10 Å². The number of hydrogen-bond acceptors (Lipinski definition) is 5. The molecule has 0 aliphatic carbocycles. The van der Waals surface area contributed by atoms with Crippen LogP contribution in [-0.4, -0.2) is 26.2 Å². The van der Waals surface area contributed by atoms with Crippen LogP contribution in [0.15, 0.2) is 10.9 Å². The highest BCUT2D eigenvalue weighted by molar-refractivity contribution is 5.79. The Kier molecular flexibility index (Phi) is 3.40. The van der Waals surface area contributed by atoms with E-state index in [4.69, 9.17) is 4.52 Å². The number of amides is 1. The van der Waals surface area contributed by atoms with Crippen molar-refractivity contribution in [3.63, 3.8) is 0 Å². The first-order valence-electron chi connectivity index (χ1n) is 5.64. The first-order chi connectivity index (χ1) is 8.58. The zero-order valence-electron chi connectivity index (χ0n) is 10.5. The van der Waals surface area contributed by atoms with Gasteiger partial charge in [0.15, 0.2) is 0 Å². The number of aromatic amines is 1. The van der Waals surface area contributed by atoms with Crippen LogP contribution in [0.1, 0.15) is 35.8 Å². The van der Waals surface area contributed by atoms with Crippen molar-refractivity contribution in [1.82, 2.24) is 25.7 Å². The molecule has 0 spiro atoms. The third-order valence-electron chi connectivity index (χ3n) is 2.74. The summed E-state index contributed by atoms with van der Waals surface area (Å²) in [6.45, 7) is 5.45. The van der Waals surface area contributed by atoms with E-state index in [2.05, 4.69) is 25.7 Å². The fourth-order valence-electron chi connectivity index (χ4n) is 1.70. The van der Waals surface area contributed by atoms with Crippen LogP contribution in [0, 0.1) is 13.8 Å². The molecule has 2 aromatic rings. The standard InChI is InChI=1S/C11H15N5O2/c1-6-9(8(3)18-16-6)4-10(17)14-7(2)11-12-5-13-15-11/h5,7H,4H2,1-3H3,(H,14,17)(H,12,13,15). The average molecular weight is 249 g/mol. The monoisotopic (exact) mass is 249 g/mol. The first kappa shape index (κ1) is 12.3. The van der Waals surface area contributed by atoms with E-state index < -0.39 is 0 Å². The molecule has 7 heteroatoms. The Morgan fingerprint density at radius 3 is 2.89 bits per heavy atom. The summed E-state index contributed by atoms with van der Waals surface area (Å²) in [7, 11) is 0. The number of aromatic nitrogens is 4. The molecule has 2 N–H and O–H groups in total. The summed E-state index contributed by atoms with van der Waals surface area (Å²) in [5, 5.41) is 13.1. The lowest BCUT2D eigenvalue weighted by Crippen LogP contribution is -2.29. The number of nitrogens with one attached hydrogen (secondary N) is 2. The molecule has 0 radical (unpaired) electrons. The maximum atomic E-state index is 11.9. The van der Waals surface area contributed by atoms with Gasteiger partial charge in [-0.3, -0.25) is 9.89 Å². The van der Waals surface area contributed by atoms with Gasteiger partial charge < -0.3 is 9.84 Å². The normalized spacial score (nSPS) is 12.4. The number of carbonyl (C=O) groups is 1. The summed E-state index contributed by atoms with van der Waals surface area (Å²) >= 11 is 0. The molecule has 0 bridgehead atoms. The predicted octanol–water partition coefficient (Wildman–Crippen LogP) is 0.829. The predicted molar refractivity (Wildman–Crippen MR) is 62.6 cm³/mol. The smallest absolute Gasteiger partial charge is 0.225 e. The highest BCUT2D eigenvalue weighted by Gasteiger charge is 2.16. The highest BCUT2D eigenvalue weighted by Crippen LogP contribution is 2.13. The maximum absolute atomic E-state index is 11.9. The topological polar surface area (TPSA) is 96.7 Å². The van der Waals surface area contributed by atoms with Crippen LogP contribution in [0.4, 0.5) is 0 Å². The Morgan fingerprint density at radius 1 is 1.56 bits per heavy atom. The fourth-order valence-corrected chi connectivity index (χ4v) is 1.70. The molecule has 1 atom stereocenters. The SMILES string of the molecule is Cc1noc(C)c1CC(=O)NC(C)c1ncn[nH]1. The van der Waals surface area contributed by atoms with E-state index in [1.54, 1.807) is 6.92 Å². The van der Waals surface area contributed by atoms with Crippen LogP contribution < -0.4 is 5.32 Å². The van der Waals surface area contributed by atoms with E-state index in [1.165, 1.54) is 6.33 Å². The third kappa shape index (κ3) is 2.55. The molecule has 0 aromatic carbocycles. The summed E-state index contributed by atoms with van der Waals surface area (Å²) in [5.74, 6) is 1.20. The van der Waals surface area contributed by atoms with Gasteiger partial charge in [0.05, 0.1) is 18.2 Å². The van der Waals surface area contributed by atoms with Crippen LogP contribution >= 0.6 is 0 Å². The molecule has 1 unspecified atom stereocenters. The zero-order chi connectivity index (χ0) is 13.1. The van der Waals surface area contributed by atoms with Crippen molar-refractivity contribution < 1.29 is 9.32 Å². The van der Waals surface area contributed by atoms with Crippen molar-refractivity contribution in [2.75, 3.05) is 0 Å². The summed E-state index contributed by atoms with van der Waals surface area (Å²) in [6, 6.07) is -0.208. The number of nitrogens with zero attached hydrogens (tertiary/aromatic N) is 3. The number of H-pyrrole nitrogens is 1. The van der Waals surface area contributed by atoms with E-state index in [1.807, 2.05) is 13.8 Å². The van der Waals surface area contributed by atoms with Crippen molar-refractivity contribution in [2.24, 2.45) is 0 Å². The van der Waals surface area contributed by atoms with Crippen molar-refractivity contribution in [2.45, 2.75) is 33.2 Å². The zero-order valence-corrected chi connectivity index (χ0v) is 10.5. The van der Waals surface area contributed by atoms with Crippen LogP contribution in [0.25, 0.3) is 0 Å². The van der Waals surface area contributed by atoms with Crippen LogP contribution in [0.3, 0.4) is 0 Å². The average Bonchev–Trinajstić information content (AvgIpc) is 2.94. The number of aryl methyl sites for hydroxylation is 2. The Bertz CT molecular complexity index is 512. The summed E-state index contributed by atoms with van der Waals surface area (Å²) in [5.41, 5.74) is 1.58. The van der Waals surface area contributed by atoms with Gasteiger partial charge in [-0.25, -0.2) is 4.98 Å². The van der Waals surface area contributed by atoms with Gasteiger partial charge in [0.25, 0.3) is 0 Å². The highest BCUT2D eigenvalue weighted by atomic mass is 16.5. The van der Waals surface area contributed by atoms with Crippen LogP contribution in [0.2, 0.25) is 0 Å². The number of hydrogen-bond donors (Lipinski definition) is 2. The minimum absolute atomic E-state index is 0.103. The Hall–Kier alpha value is -2.18. The molecule has 1 amide bonds. The van der Waals surface area contributed by atoms with Gasteiger partial charge in [-0.1, -0.05) is 5.16 Å². The molecule has 96 valence electrons. The van der Waals surface area contributed by atoms with Crippen LogP contribution in [-0.2, 0) is 11.2 Å². The summed E-state index contributed by atoms with van der Waals surface area (Å²) in [6.07, 6.45) is 1.66. The number of rotatable bonds is 4. The minimum Gasteiger partial charge on any atom is -0.361 e. The van der Waals surface area contributed by atoms with Gasteiger partial charge in [0.2, 0.25) is 5.91 Å². The summed E-state index contributed by atoms with van der Waals surface area (Å²) < 4.78 is 5.01. The quantitative estimate of drug-likeness (QED) is 0.836. The Labute approximate surface area is 104 Å². The number of carbonyl (C=O) groups excluding carboxylic acids is 1. The van der Waals surface area contributed by atoms with Crippen molar-refractivity contribution in [3.05, 3.63) is 29.2 Å². The molecular formula is C11H15N5O2. The first-order valence-corrected chi connectivity index (χ1v) is 5.64. The molecule has 2 rings (SSSR count). The van der Waals surface area contributed by atoms with Crippen LogP contribution in [0.5, 0.6) is 0 Å². The molecule has 7 nitrogen and oxygen atoms in total. The third-order valence-corrected chi connectivity index (χ3v) is 2.74. The Morgan fingerprint density at radius 2 is 2.33 bits per heavy atom. The van der Waals surface area contributed by atoms with Gasteiger partial charge in [-0.15, -0.1) is 0 Å². The molecule has 18 heavy (non-hydrogen) atoms. The van der Waals surface area contributed by atoms with E-state index in [0.29, 0.717) is 11.6 Å².